The molecule has 0 radical (unpaired) electrons. The summed E-state index contributed by atoms with van der Waals surface area (Å²) in [7, 11) is 0. The summed E-state index contributed by atoms with van der Waals surface area (Å²) in [4.78, 5) is 60.8. The SMILES string of the molecule is CCCCCCN(C(=O)[C@@H](NC(=O)[C@H]1C[C@H](C)CCN1)[C@@H](C)CC)C(C[C@@H](OCC)c1nc(C(=O)N[C@@H](Cc2ccc(N)c(F)c2)CC(C)(C)C(=O)O)cs1)=C(C)C. The number of carboxylic acids is 1. The van der Waals surface area contributed by atoms with Crippen LogP contribution in [0.1, 0.15) is 147 Å². The first-order chi connectivity index (χ1) is 27.4. The van der Waals surface area contributed by atoms with E-state index in [1.54, 1.807) is 25.3 Å². The number of anilines is 1. The van der Waals surface area contributed by atoms with E-state index >= 15 is 0 Å². The van der Waals surface area contributed by atoms with Crippen molar-refractivity contribution in [3.63, 3.8) is 0 Å². The number of nitrogens with two attached hydrogens (primary N) is 1. The second kappa shape index (κ2) is 23.1. The molecule has 3 amide bonds. The van der Waals surface area contributed by atoms with Crippen LogP contribution in [0.4, 0.5) is 10.1 Å². The van der Waals surface area contributed by atoms with Gasteiger partial charge in [-0.3, -0.25) is 19.2 Å². The predicted molar refractivity (Wildman–Crippen MR) is 229 cm³/mol. The average molecular weight is 829 g/mol. The van der Waals surface area contributed by atoms with Crippen LogP contribution in [0.5, 0.6) is 0 Å². The molecule has 1 aliphatic rings. The van der Waals surface area contributed by atoms with Crippen molar-refractivity contribution in [2.24, 2.45) is 17.3 Å². The largest absolute Gasteiger partial charge is 0.481 e. The second-order valence-corrected chi connectivity index (χ2v) is 17.7. The van der Waals surface area contributed by atoms with Gasteiger partial charge in [0.1, 0.15) is 28.7 Å². The number of hydrogen-bond donors (Lipinski definition) is 5. The van der Waals surface area contributed by atoms with Gasteiger partial charge in [-0.05, 0) is 103 Å². The third kappa shape index (κ3) is 14.1. The standard InChI is InChI=1S/C44H69FN6O6S/c1-10-13-14-15-20-51(42(54)38(29(7)11-2)50-39(52)34-21-28(6)18-19-47-34)36(27(4)5)24-37(57-12-3)41-49-35(26-58-41)40(53)48-31(25-44(8,9)43(55)56)22-30-16-17-33(46)32(45)23-30/h16-17,23,26,28-29,31,34,37-38,47H,10-15,18-22,24-25,46H2,1-9H3,(H,48,53)(H,50,52)(H,55,56)/t28-,29+,31+,34-,37-,38+/m1/s1. The number of aliphatic carboxylic acids is 1. The smallest absolute Gasteiger partial charge is 0.309 e. The van der Waals surface area contributed by atoms with Crippen molar-refractivity contribution < 1.29 is 33.4 Å². The summed E-state index contributed by atoms with van der Waals surface area (Å²) in [5, 5.41) is 21.5. The summed E-state index contributed by atoms with van der Waals surface area (Å²) in [6.07, 6.45) is 6.27. The van der Waals surface area contributed by atoms with Crippen molar-refractivity contribution in [2.75, 3.05) is 25.4 Å². The van der Waals surface area contributed by atoms with Crippen molar-refractivity contribution in [3.05, 3.63) is 56.9 Å². The first-order valence-corrected chi connectivity index (χ1v) is 22.0. The number of nitrogens with zero attached hydrogens (tertiary/aromatic N) is 2. The molecule has 6 N–H and O–H groups in total. The van der Waals surface area contributed by atoms with E-state index in [0.717, 1.165) is 56.3 Å². The monoisotopic (exact) mass is 828 g/mol. The van der Waals surface area contributed by atoms with E-state index in [0.29, 0.717) is 42.5 Å². The van der Waals surface area contributed by atoms with Crippen molar-refractivity contribution >= 4 is 40.7 Å². The summed E-state index contributed by atoms with van der Waals surface area (Å²) in [5.74, 6) is -2.09. The number of amides is 3. The Morgan fingerprint density at radius 1 is 1.14 bits per heavy atom. The number of carbonyl (C=O) groups excluding carboxylic acids is 3. The number of carbonyl (C=O) groups is 4. The fraction of sp³-hybridized carbons (Fsp3) is 0.659. The minimum absolute atomic E-state index is 0.00156. The number of carboxylic acid groups (broad SMARTS) is 1. The number of ether oxygens (including phenoxy) is 1. The van der Waals surface area contributed by atoms with Crippen molar-refractivity contribution in [1.29, 1.82) is 0 Å². The summed E-state index contributed by atoms with van der Waals surface area (Å²) < 4.78 is 20.6. The zero-order chi connectivity index (χ0) is 43.2. The molecule has 1 aromatic heterocycles. The molecular formula is C44H69FN6O6S. The highest BCUT2D eigenvalue weighted by atomic mass is 32.1. The van der Waals surface area contributed by atoms with Gasteiger partial charge in [-0.2, -0.15) is 0 Å². The van der Waals surface area contributed by atoms with Crippen LogP contribution in [0, 0.1) is 23.1 Å². The minimum atomic E-state index is -1.18. The molecule has 6 atom stereocenters. The number of unbranched alkanes of at least 4 members (excludes halogenated alkanes) is 3. The van der Waals surface area contributed by atoms with Crippen LogP contribution in [0.2, 0.25) is 0 Å². The lowest BCUT2D eigenvalue weighted by atomic mass is 9.84. The quantitative estimate of drug-likeness (QED) is 0.0553. The molecule has 0 aliphatic carbocycles. The number of hydrogen-bond acceptors (Lipinski definition) is 9. The van der Waals surface area contributed by atoms with E-state index in [1.807, 2.05) is 39.5 Å². The van der Waals surface area contributed by atoms with E-state index in [2.05, 4.69) is 29.8 Å². The molecule has 2 aromatic rings. The highest BCUT2D eigenvalue weighted by Crippen LogP contribution is 2.33. The molecule has 324 valence electrons. The molecule has 0 unspecified atom stereocenters. The van der Waals surface area contributed by atoms with Crippen LogP contribution in [-0.2, 0) is 25.5 Å². The molecule has 58 heavy (non-hydrogen) atoms. The van der Waals surface area contributed by atoms with Crippen LogP contribution in [-0.4, -0.2) is 76.5 Å². The third-order valence-electron chi connectivity index (χ3n) is 11.2. The number of aromatic nitrogens is 1. The Bertz CT molecular complexity index is 1710. The van der Waals surface area contributed by atoms with Crippen LogP contribution >= 0.6 is 11.3 Å². The summed E-state index contributed by atoms with van der Waals surface area (Å²) >= 11 is 1.27. The van der Waals surface area contributed by atoms with Gasteiger partial charge < -0.3 is 36.4 Å². The minimum Gasteiger partial charge on any atom is -0.481 e. The van der Waals surface area contributed by atoms with E-state index in [4.69, 9.17) is 15.5 Å². The molecule has 2 heterocycles. The highest BCUT2D eigenvalue weighted by Gasteiger charge is 2.36. The van der Waals surface area contributed by atoms with Crippen LogP contribution in [0.3, 0.4) is 0 Å². The summed E-state index contributed by atoms with van der Waals surface area (Å²) in [5.41, 5.74) is 6.92. The molecule has 0 bridgehead atoms. The first kappa shape index (κ1) is 48.5. The summed E-state index contributed by atoms with van der Waals surface area (Å²) in [6.45, 7) is 18.9. The highest BCUT2D eigenvalue weighted by molar-refractivity contribution is 7.09. The maximum atomic E-state index is 14.8. The molecule has 1 aliphatic heterocycles. The number of halogens is 1. The van der Waals surface area contributed by atoms with Gasteiger partial charge >= 0.3 is 5.97 Å². The lowest BCUT2D eigenvalue weighted by Gasteiger charge is -2.35. The Morgan fingerprint density at radius 2 is 1.86 bits per heavy atom. The van der Waals surface area contributed by atoms with Crippen LogP contribution in [0.15, 0.2) is 34.8 Å². The van der Waals surface area contributed by atoms with Crippen molar-refractivity contribution in [2.45, 2.75) is 151 Å². The van der Waals surface area contributed by atoms with Gasteiger partial charge in [0.15, 0.2) is 0 Å². The Morgan fingerprint density at radius 3 is 2.47 bits per heavy atom. The number of nitrogens with one attached hydrogen (secondary N) is 3. The number of nitrogen functional groups attached to an aromatic ring is 1. The molecule has 0 spiro atoms. The van der Waals surface area contributed by atoms with E-state index in [1.165, 1.54) is 23.5 Å². The Hall–Kier alpha value is -3.88. The Labute approximate surface area is 349 Å². The van der Waals surface area contributed by atoms with E-state index in [9.17, 15) is 28.7 Å². The van der Waals surface area contributed by atoms with E-state index in [-0.39, 0.29) is 48.0 Å². The number of benzene rings is 1. The van der Waals surface area contributed by atoms with Gasteiger partial charge in [0, 0.05) is 36.7 Å². The zero-order valence-electron chi connectivity index (χ0n) is 36.2. The lowest BCUT2D eigenvalue weighted by molar-refractivity contribution is -0.147. The fourth-order valence-electron chi connectivity index (χ4n) is 7.32. The number of rotatable bonds is 23. The van der Waals surface area contributed by atoms with Gasteiger partial charge in [0.2, 0.25) is 11.8 Å². The molecule has 12 nitrogen and oxygen atoms in total. The average Bonchev–Trinajstić information content (AvgIpc) is 3.67. The maximum Gasteiger partial charge on any atom is 0.309 e. The van der Waals surface area contributed by atoms with Gasteiger partial charge in [-0.1, -0.05) is 65.0 Å². The van der Waals surface area contributed by atoms with Crippen molar-refractivity contribution in [3.8, 4) is 0 Å². The van der Waals surface area contributed by atoms with Gasteiger partial charge in [-0.25, -0.2) is 9.37 Å². The Kier molecular flexibility index (Phi) is 19.3. The van der Waals surface area contributed by atoms with Gasteiger partial charge in [0.05, 0.1) is 17.1 Å². The predicted octanol–water partition coefficient (Wildman–Crippen LogP) is 7.80. The third-order valence-corrected chi connectivity index (χ3v) is 12.1. The molecule has 14 heteroatoms. The molecule has 0 saturated carbocycles. The Balaban J connectivity index is 1.92. The van der Waals surface area contributed by atoms with Crippen molar-refractivity contribution in [1.82, 2.24) is 25.8 Å². The lowest BCUT2D eigenvalue weighted by Crippen LogP contribution is -2.57. The van der Waals surface area contributed by atoms with Crippen LogP contribution < -0.4 is 21.7 Å². The molecule has 1 fully saturated rings. The molecular weight excluding hydrogens is 760 g/mol. The van der Waals surface area contributed by atoms with Gasteiger partial charge in [-0.15, -0.1) is 11.3 Å². The van der Waals surface area contributed by atoms with E-state index < -0.39 is 41.3 Å². The normalized spacial score (nSPS) is 17.8. The topological polar surface area (TPSA) is 176 Å². The summed E-state index contributed by atoms with van der Waals surface area (Å²) in [6, 6.07) is 2.68. The molecule has 1 aromatic carbocycles. The molecule has 3 rings (SSSR count). The first-order valence-electron chi connectivity index (χ1n) is 21.1. The number of piperidine rings is 1. The molecule has 1 saturated heterocycles. The fourth-order valence-corrected chi connectivity index (χ4v) is 8.17. The van der Waals surface area contributed by atoms with Crippen LogP contribution in [0.25, 0.3) is 0 Å². The maximum absolute atomic E-state index is 14.8. The van der Waals surface area contributed by atoms with Gasteiger partial charge in [0.25, 0.3) is 5.91 Å². The number of thiazole rings is 1. The zero-order valence-corrected chi connectivity index (χ0v) is 37.0. The number of allylic oxidation sites excluding steroid dienone is 1. The second-order valence-electron chi connectivity index (χ2n) is 16.8.